The van der Waals surface area contributed by atoms with Gasteiger partial charge in [-0.3, -0.25) is 9.59 Å². The number of fused-ring (bicyclic) bond motifs is 2. The zero-order valence-electron chi connectivity index (χ0n) is 16.2. The molecule has 0 saturated heterocycles. The molecule has 2 heterocycles. The molecule has 7 heteroatoms. The van der Waals surface area contributed by atoms with Crippen LogP contribution in [-0.4, -0.2) is 37.7 Å². The molecule has 3 aromatic rings. The minimum absolute atomic E-state index is 0.0968. The number of amides is 1. The van der Waals surface area contributed by atoms with Crippen molar-refractivity contribution < 1.29 is 14.7 Å². The van der Waals surface area contributed by atoms with Crippen molar-refractivity contribution in [1.29, 1.82) is 0 Å². The van der Waals surface area contributed by atoms with Gasteiger partial charge < -0.3 is 10.0 Å². The fourth-order valence-corrected chi connectivity index (χ4v) is 3.81. The van der Waals surface area contributed by atoms with E-state index in [1.807, 2.05) is 38.1 Å². The number of carboxylic acid groups (broad SMARTS) is 1. The van der Waals surface area contributed by atoms with Gasteiger partial charge in [0.2, 0.25) is 0 Å². The van der Waals surface area contributed by atoms with Gasteiger partial charge in [-0.25, -0.2) is 9.48 Å². The Kier molecular flexibility index (Phi) is 4.66. The van der Waals surface area contributed by atoms with Crippen molar-refractivity contribution in [1.82, 2.24) is 14.7 Å². The largest absolute Gasteiger partial charge is 0.480 e. The molecule has 1 aromatic heterocycles. The minimum atomic E-state index is -1.06. The quantitative estimate of drug-likeness (QED) is 0.741. The summed E-state index contributed by atoms with van der Waals surface area (Å²) in [6.07, 6.45) is 0.235. The van der Waals surface area contributed by atoms with E-state index in [0.29, 0.717) is 10.8 Å². The second kappa shape index (κ2) is 7.16. The molecule has 1 unspecified atom stereocenters. The molecule has 0 radical (unpaired) electrons. The van der Waals surface area contributed by atoms with E-state index in [0.717, 1.165) is 11.1 Å². The van der Waals surface area contributed by atoms with Crippen LogP contribution in [0.25, 0.3) is 10.8 Å². The third-order valence-electron chi connectivity index (χ3n) is 5.31. The van der Waals surface area contributed by atoms with Crippen LogP contribution in [-0.2, 0) is 17.8 Å². The molecule has 0 fully saturated rings. The summed E-state index contributed by atoms with van der Waals surface area (Å²) in [6.45, 7) is 3.81. The molecule has 0 aliphatic carbocycles. The van der Waals surface area contributed by atoms with E-state index in [9.17, 15) is 19.5 Å². The lowest BCUT2D eigenvalue weighted by Gasteiger charge is -2.34. The van der Waals surface area contributed by atoms with E-state index in [-0.39, 0.29) is 30.3 Å². The lowest BCUT2D eigenvalue weighted by molar-refractivity contribution is -0.142. The van der Waals surface area contributed by atoms with Gasteiger partial charge in [0, 0.05) is 18.4 Å². The van der Waals surface area contributed by atoms with Crippen LogP contribution in [0.15, 0.2) is 53.3 Å². The molecule has 1 aliphatic heterocycles. The molecule has 1 aliphatic rings. The number of hydrogen-bond donors (Lipinski definition) is 1. The van der Waals surface area contributed by atoms with Gasteiger partial charge in [0.05, 0.1) is 11.4 Å². The second-order valence-corrected chi connectivity index (χ2v) is 7.50. The van der Waals surface area contributed by atoms with Crippen molar-refractivity contribution >= 4 is 22.6 Å². The lowest BCUT2D eigenvalue weighted by Crippen LogP contribution is -2.49. The highest BCUT2D eigenvalue weighted by Gasteiger charge is 2.36. The third kappa shape index (κ3) is 3.18. The highest BCUT2D eigenvalue weighted by Crippen LogP contribution is 2.26. The van der Waals surface area contributed by atoms with Gasteiger partial charge >= 0.3 is 5.97 Å². The van der Waals surface area contributed by atoms with Crippen molar-refractivity contribution in [3.05, 3.63) is 75.7 Å². The van der Waals surface area contributed by atoms with Gasteiger partial charge in [0.25, 0.3) is 11.5 Å². The predicted octanol–water partition coefficient (Wildman–Crippen LogP) is 2.63. The molecule has 1 N–H and O–H groups in total. The van der Waals surface area contributed by atoms with Crippen LogP contribution in [0.5, 0.6) is 0 Å². The number of hydrogen-bond acceptors (Lipinski definition) is 4. The van der Waals surface area contributed by atoms with Gasteiger partial charge in [-0.2, -0.15) is 5.10 Å². The van der Waals surface area contributed by atoms with Gasteiger partial charge in [0.15, 0.2) is 5.69 Å². The summed E-state index contributed by atoms with van der Waals surface area (Å²) < 4.78 is 1.28. The smallest absolute Gasteiger partial charge is 0.326 e. The Morgan fingerprint density at radius 3 is 2.31 bits per heavy atom. The fourth-order valence-electron chi connectivity index (χ4n) is 3.81. The molecule has 0 bridgehead atoms. The summed E-state index contributed by atoms with van der Waals surface area (Å²) in [5.74, 6) is -1.55. The normalized spacial score (nSPS) is 16.1. The van der Waals surface area contributed by atoms with Gasteiger partial charge in [-0.05, 0) is 31.0 Å². The number of benzene rings is 2. The number of carbonyl (C=O) groups is 2. The summed E-state index contributed by atoms with van der Waals surface area (Å²) >= 11 is 0. The van der Waals surface area contributed by atoms with Crippen molar-refractivity contribution in [2.24, 2.45) is 0 Å². The monoisotopic (exact) mass is 391 g/mol. The zero-order chi connectivity index (χ0) is 20.7. The Morgan fingerprint density at radius 2 is 1.66 bits per heavy atom. The maximum Gasteiger partial charge on any atom is 0.326 e. The van der Waals surface area contributed by atoms with E-state index >= 15 is 0 Å². The van der Waals surface area contributed by atoms with E-state index in [1.54, 1.807) is 24.3 Å². The number of carbonyl (C=O) groups excluding carboxylic acids is 1. The zero-order valence-corrected chi connectivity index (χ0v) is 16.2. The average Bonchev–Trinajstić information content (AvgIpc) is 2.72. The Labute approximate surface area is 167 Å². The van der Waals surface area contributed by atoms with Crippen LogP contribution in [0.3, 0.4) is 0 Å². The summed E-state index contributed by atoms with van der Waals surface area (Å²) in [7, 11) is 0. The summed E-state index contributed by atoms with van der Waals surface area (Å²) in [5.41, 5.74) is 1.67. The molecule has 4 rings (SSSR count). The first kappa shape index (κ1) is 18.9. The topological polar surface area (TPSA) is 92.5 Å². The first-order chi connectivity index (χ1) is 13.9. The number of aliphatic carboxylic acids is 1. The summed E-state index contributed by atoms with van der Waals surface area (Å²) in [6, 6.07) is 13.1. The van der Waals surface area contributed by atoms with Crippen LogP contribution >= 0.6 is 0 Å². The number of aromatic nitrogens is 2. The molecule has 1 atom stereocenters. The Bertz CT molecular complexity index is 1180. The molecule has 29 heavy (non-hydrogen) atoms. The van der Waals surface area contributed by atoms with Gasteiger partial charge in [-0.15, -0.1) is 0 Å². The first-order valence-corrected chi connectivity index (χ1v) is 9.50. The standard InChI is InChI=1S/C22H21N3O4/c1-13(2)25-20(26)17-10-6-5-9-16(17)19(23-25)21(27)24-12-15-8-4-3-7-14(15)11-18(24)22(28)29/h3-10,13,18H,11-12H2,1-2H3,(H,28,29). The first-order valence-electron chi connectivity index (χ1n) is 9.50. The average molecular weight is 391 g/mol. The highest BCUT2D eigenvalue weighted by atomic mass is 16.4. The second-order valence-electron chi connectivity index (χ2n) is 7.50. The molecule has 148 valence electrons. The predicted molar refractivity (Wildman–Crippen MR) is 108 cm³/mol. The van der Waals surface area contributed by atoms with Crippen LogP contribution in [0.4, 0.5) is 0 Å². The third-order valence-corrected chi connectivity index (χ3v) is 5.31. The summed E-state index contributed by atoms with van der Waals surface area (Å²) in [5, 5.41) is 14.9. The van der Waals surface area contributed by atoms with Crippen LogP contribution in [0.2, 0.25) is 0 Å². The van der Waals surface area contributed by atoms with Crippen LogP contribution < -0.4 is 5.56 Å². The van der Waals surface area contributed by atoms with E-state index in [2.05, 4.69) is 5.10 Å². The minimum Gasteiger partial charge on any atom is -0.480 e. The number of rotatable bonds is 3. The maximum atomic E-state index is 13.5. The SMILES string of the molecule is CC(C)n1nc(C(=O)N2Cc3ccccc3CC2C(=O)O)c2ccccc2c1=O. The molecular formula is C22H21N3O4. The number of carboxylic acids is 1. The highest BCUT2D eigenvalue weighted by molar-refractivity contribution is 6.06. The van der Waals surface area contributed by atoms with E-state index in [4.69, 9.17) is 0 Å². The van der Waals surface area contributed by atoms with Crippen molar-refractivity contribution in [2.75, 3.05) is 0 Å². The summed E-state index contributed by atoms with van der Waals surface area (Å²) in [4.78, 5) is 39.5. The van der Waals surface area contributed by atoms with Crippen LogP contribution in [0.1, 0.15) is 41.5 Å². The molecule has 0 spiro atoms. The van der Waals surface area contributed by atoms with E-state index in [1.165, 1.54) is 9.58 Å². The number of nitrogens with zero attached hydrogens (tertiary/aromatic N) is 3. The van der Waals surface area contributed by atoms with Crippen LogP contribution in [0, 0.1) is 0 Å². The lowest BCUT2D eigenvalue weighted by atomic mass is 9.93. The van der Waals surface area contributed by atoms with Crippen molar-refractivity contribution in [2.45, 2.75) is 38.9 Å². The molecular weight excluding hydrogens is 370 g/mol. The Hall–Kier alpha value is -3.48. The van der Waals surface area contributed by atoms with Crippen molar-refractivity contribution in [3.8, 4) is 0 Å². The molecule has 0 saturated carbocycles. The fraction of sp³-hybridized carbons (Fsp3) is 0.273. The molecule has 1 amide bonds. The maximum absolute atomic E-state index is 13.5. The van der Waals surface area contributed by atoms with Gasteiger partial charge in [0.1, 0.15) is 6.04 Å². The van der Waals surface area contributed by atoms with E-state index < -0.39 is 17.9 Å². The Balaban J connectivity index is 1.87. The van der Waals surface area contributed by atoms with Gasteiger partial charge in [-0.1, -0.05) is 42.5 Å². The molecule has 7 nitrogen and oxygen atoms in total. The Morgan fingerprint density at radius 1 is 1.03 bits per heavy atom. The van der Waals surface area contributed by atoms with Crippen molar-refractivity contribution in [3.63, 3.8) is 0 Å². The molecule has 2 aromatic carbocycles.